The summed E-state index contributed by atoms with van der Waals surface area (Å²) in [6.07, 6.45) is 0. The van der Waals surface area contributed by atoms with Crippen molar-refractivity contribution >= 4 is 23.4 Å². The number of rotatable bonds is 4. The number of anilines is 1. The Hall–Kier alpha value is -1.78. The molecule has 0 spiro atoms. The monoisotopic (exact) mass is 312 g/mol. The zero-order valence-electron chi connectivity index (χ0n) is 12.9. The second kappa shape index (κ2) is 6.55. The quantitative estimate of drug-likeness (QED) is 0.936. The molecule has 0 saturated carbocycles. The van der Waals surface area contributed by atoms with Crippen molar-refractivity contribution in [1.29, 1.82) is 0 Å². The molecule has 3 rings (SSSR count). The second-order valence-corrected chi connectivity index (χ2v) is 6.89. The van der Waals surface area contributed by atoms with Crippen molar-refractivity contribution in [3.05, 3.63) is 59.7 Å². The minimum absolute atomic E-state index is 0.0568. The van der Waals surface area contributed by atoms with Crippen LogP contribution in [0.25, 0.3) is 0 Å². The molecule has 22 heavy (non-hydrogen) atoms. The lowest BCUT2D eigenvalue weighted by Crippen LogP contribution is -2.21. The van der Waals surface area contributed by atoms with Gasteiger partial charge >= 0.3 is 0 Å². The van der Waals surface area contributed by atoms with E-state index in [9.17, 15) is 4.79 Å². The molecule has 0 unspecified atom stereocenters. The Bertz CT molecular complexity index is 684. The van der Waals surface area contributed by atoms with Crippen LogP contribution in [-0.4, -0.2) is 30.7 Å². The highest BCUT2D eigenvalue weighted by Crippen LogP contribution is 2.39. The lowest BCUT2D eigenvalue weighted by Gasteiger charge is -2.14. The number of nitrogens with one attached hydrogen (secondary N) is 1. The van der Waals surface area contributed by atoms with Crippen LogP contribution in [0.5, 0.6) is 0 Å². The first-order valence-corrected chi connectivity index (χ1v) is 8.38. The second-order valence-electron chi connectivity index (χ2n) is 5.83. The molecule has 3 nitrogen and oxygen atoms in total. The predicted octanol–water partition coefficient (Wildman–Crippen LogP) is 3.58. The first kappa shape index (κ1) is 15.1. The van der Waals surface area contributed by atoms with Crippen molar-refractivity contribution in [2.75, 3.05) is 25.2 Å². The molecular formula is C18H20N2OS. The number of hydrogen-bond donors (Lipinski definition) is 1. The predicted molar refractivity (Wildman–Crippen MR) is 92.4 cm³/mol. The van der Waals surface area contributed by atoms with Gasteiger partial charge in [-0.25, -0.2) is 0 Å². The number of carbonyl (C=O) groups is 1. The Morgan fingerprint density at radius 1 is 1.23 bits per heavy atom. The molecule has 114 valence electrons. The van der Waals surface area contributed by atoms with E-state index in [1.54, 1.807) is 11.8 Å². The standard InChI is InChI=1S/C18H20N2OS/c1-20(2)11-13-6-5-7-14(10-13)19-18(21)16-12-22-17-9-4-3-8-15(16)17/h3-10,16H,11-12H2,1-2H3,(H,19,21)/t16-/m1/s1. The molecule has 1 aliphatic heterocycles. The summed E-state index contributed by atoms with van der Waals surface area (Å²) in [5.41, 5.74) is 3.22. The molecule has 1 N–H and O–H groups in total. The molecular weight excluding hydrogens is 292 g/mol. The molecule has 0 saturated heterocycles. The van der Waals surface area contributed by atoms with Gasteiger partial charge in [-0.05, 0) is 43.4 Å². The van der Waals surface area contributed by atoms with Crippen LogP contribution in [0.3, 0.4) is 0 Å². The first-order chi connectivity index (χ1) is 10.6. The van der Waals surface area contributed by atoms with E-state index in [0.717, 1.165) is 23.5 Å². The normalized spacial score (nSPS) is 16.6. The molecule has 0 fully saturated rings. The fourth-order valence-corrected chi connectivity index (χ4v) is 3.95. The summed E-state index contributed by atoms with van der Waals surface area (Å²) < 4.78 is 0. The van der Waals surface area contributed by atoms with Crippen LogP contribution in [0.2, 0.25) is 0 Å². The highest BCUT2D eigenvalue weighted by atomic mass is 32.2. The summed E-state index contributed by atoms with van der Waals surface area (Å²) >= 11 is 1.76. The minimum atomic E-state index is -0.0568. The van der Waals surface area contributed by atoms with Gasteiger partial charge in [-0.1, -0.05) is 30.3 Å². The Kier molecular flexibility index (Phi) is 4.50. The van der Waals surface area contributed by atoms with Gasteiger partial charge in [-0.3, -0.25) is 4.79 Å². The summed E-state index contributed by atoms with van der Waals surface area (Å²) in [5.74, 6) is 0.848. The highest BCUT2D eigenvalue weighted by Gasteiger charge is 2.28. The van der Waals surface area contributed by atoms with Crippen LogP contribution in [0.15, 0.2) is 53.4 Å². The van der Waals surface area contributed by atoms with Crippen LogP contribution in [0, 0.1) is 0 Å². The summed E-state index contributed by atoms with van der Waals surface area (Å²) in [4.78, 5) is 15.9. The Labute approximate surface area is 135 Å². The van der Waals surface area contributed by atoms with Crippen molar-refractivity contribution in [3.63, 3.8) is 0 Å². The highest BCUT2D eigenvalue weighted by molar-refractivity contribution is 7.99. The lowest BCUT2D eigenvalue weighted by molar-refractivity contribution is -0.117. The average Bonchev–Trinajstić information content (AvgIpc) is 2.91. The fourth-order valence-electron chi connectivity index (χ4n) is 2.72. The van der Waals surface area contributed by atoms with Gasteiger partial charge in [0.2, 0.25) is 5.91 Å². The van der Waals surface area contributed by atoms with Crippen molar-refractivity contribution in [3.8, 4) is 0 Å². The lowest BCUT2D eigenvalue weighted by atomic mass is 10.0. The summed E-state index contributed by atoms with van der Waals surface area (Å²) in [6.45, 7) is 0.867. The SMILES string of the molecule is CN(C)Cc1cccc(NC(=O)[C@@H]2CSc3ccccc32)c1. The van der Waals surface area contributed by atoms with Gasteiger partial charge in [-0.2, -0.15) is 0 Å². The molecule has 1 aliphatic rings. The number of amides is 1. The van der Waals surface area contributed by atoms with Crippen LogP contribution < -0.4 is 5.32 Å². The van der Waals surface area contributed by atoms with Crippen molar-refractivity contribution < 1.29 is 4.79 Å². The third-order valence-electron chi connectivity index (χ3n) is 3.71. The maximum Gasteiger partial charge on any atom is 0.232 e. The third kappa shape index (κ3) is 3.34. The zero-order valence-corrected chi connectivity index (χ0v) is 13.7. The van der Waals surface area contributed by atoms with Crippen LogP contribution in [-0.2, 0) is 11.3 Å². The van der Waals surface area contributed by atoms with Gasteiger partial charge in [0.15, 0.2) is 0 Å². The molecule has 0 aliphatic carbocycles. The van der Waals surface area contributed by atoms with Gasteiger partial charge in [0.25, 0.3) is 0 Å². The van der Waals surface area contributed by atoms with Crippen molar-refractivity contribution in [1.82, 2.24) is 4.90 Å². The molecule has 2 aromatic rings. The number of hydrogen-bond acceptors (Lipinski definition) is 3. The number of fused-ring (bicyclic) bond motifs is 1. The average molecular weight is 312 g/mol. The van der Waals surface area contributed by atoms with Crippen molar-refractivity contribution in [2.45, 2.75) is 17.4 Å². The van der Waals surface area contributed by atoms with Crippen LogP contribution in [0.4, 0.5) is 5.69 Å². The van der Waals surface area contributed by atoms with Gasteiger partial charge < -0.3 is 10.2 Å². The summed E-state index contributed by atoms with van der Waals surface area (Å²) in [7, 11) is 4.08. The van der Waals surface area contributed by atoms with Crippen LogP contribution in [0.1, 0.15) is 17.0 Å². The fraction of sp³-hybridized carbons (Fsp3) is 0.278. The molecule has 0 radical (unpaired) electrons. The van der Waals surface area contributed by atoms with Gasteiger partial charge in [0, 0.05) is 22.9 Å². The van der Waals surface area contributed by atoms with E-state index in [-0.39, 0.29) is 11.8 Å². The van der Waals surface area contributed by atoms with E-state index in [0.29, 0.717) is 0 Å². The van der Waals surface area contributed by atoms with E-state index in [4.69, 9.17) is 0 Å². The van der Waals surface area contributed by atoms with Gasteiger partial charge in [0.1, 0.15) is 0 Å². The Morgan fingerprint density at radius 2 is 2.05 bits per heavy atom. The van der Waals surface area contributed by atoms with E-state index in [1.807, 2.05) is 44.4 Å². The summed E-state index contributed by atoms with van der Waals surface area (Å²) in [6, 6.07) is 16.2. The molecule has 0 bridgehead atoms. The van der Waals surface area contributed by atoms with Crippen LogP contribution >= 0.6 is 11.8 Å². The third-order valence-corrected chi connectivity index (χ3v) is 4.89. The first-order valence-electron chi connectivity index (χ1n) is 7.40. The molecule has 1 atom stereocenters. The van der Waals surface area contributed by atoms with E-state index < -0.39 is 0 Å². The minimum Gasteiger partial charge on any atom is -0.326 e. The van der Waals surface area contributed by atoms with E-state index in [1.165, 1.54) is 10.5 Å². The molecule has 1 amide bonds. The maximum atomic E-state index is 12.6. The molecule has 2 aromatic carbocycles. The maximum absolute atomic E-state index is 12.6. The van der Waals surface area contributed by atoms with E-state index in [2.05, 4.69) is 28.4 Å². The topological polar surface area (TPSA) is 32.3 Å². The zero-order chi connectivity index (χ0) is 15.5. The Balaban J connectivity index is 1.73. The summed E-state index contributed by atoms with van der Waals surface area (Å²) in [5, 5.41) is 3.07. The Morgan fingerprint density at radius 3 is 2.86 bits per heavy atom. The molecule has 1 heterocycles. The van der Waals surface area contributed by atoms with Gasteiger partial charge in [0.05, 0.1) is 5.92 Å². The molecule has 0 aromatic heterocycles. The number of carbonyl (C=O) groups excluding carboxylic acids is 1. The van der Waals surface area contributed by atoms with Gasteiger partial charge in [-0.15, -0.1) is 11.8 Å². The number of benzene rings is 2. The smallest absolute Gasteiger partial charge is 0.232 e. The molecule has 4 heteroatoms. The van der Waals surface area contributed by atoms with E-state index >= 15 is 0 Å². The van der Waals surface area contributed by atoms with Crippen molar-refractivity contribution in [2.24, 2.45) is 0 Å². The number of nitrogens with zero attached hydrogens (tertiary/aromatic N) is 1. The largest absolute Gasteiger partial charge is 0.326 e. The number of thioether (sulfide) groups is 1.